The van der Waals surface area contributed by atoms with Crippen LogP contribution in [0, 0.1) is 0 Å². The van der Waals surface area contributed by atoms with E-state index in [2.05, 4.69) is 69.5 Å². The third-order valence-electron chi connectivity index (χ3n) is 6.53. The number of methoxy groups -OCH3 is 2. The third-order valence-corrected chi connectivity index (χ3v) is 7.02. The van der Waals surface area contributed by atoms with Crippen LogP contribution in [0.25, 0.3) is 10.8 Å². The highest BCUT2D eigenvalue weighted by molar-refractivity contribution is 9.10. The van der Waals surface area contributed by atoms with Gasteiger partial charge in [-0.25, -0.2) is 5.01 Å². The summed E-state index contributed by atoms with van der Waals surface area (Å²) in [5.74, 6) is 2.23. The van der Waals surface area contributed by atoms with Gasteiger partial charge in [-0.2, -0.15) is 5.10 Å². The molecule has 0 spiro atoms. The molecular formula is C28H23BrN2O3. The van der Waals surface area contributed by atoms with Gasteiger partial charge in [0, 0.05) is 22.0 Å². The molecule has 2 atom stereocenters. The number of ether oxygens (including phenoxy) is 3. The van der Waals surface area contributed by atoms with Crippen LogP contribution in [-0.4, -0.2) is 24.9 Å². The summed E-state index contributed by atoms with van der Waals surface area (Å²) in [5.41, 5.74) is 4.28. The van der Waals surface area contributed by atoms with Crippen LogP contribution < -0.4 is 14.2 Å². The zero-order valence-electron chi connectivity index (χ0n) is 18.9. The number of benzene rings is 4. The van der Waals surface area contributed by atoms with Crippen molar-refractivity contribution in [3.8, 4) is 17.2 Å². The molecule has 2 aliphatic heterocycles. The first-order chi connectivity index (χ1) is 16.6. The van der Waals surface area contributed by atoms with Crippen LogP contribution in [0.4, 0.5) is 0 Å². The summed E-state index contributed by atoms with van der Waals surface area (Å²) in [6.45, 7) is 0. The average Bonchev–Trinajstić information content (AvgIpc) is 3.33. The van der Waals surface area contributed by atoms with Crippen molar-refractivity contribution < 1.29 is 14.2 Å². The molecular weight excluding hydrogens is 492 g/mol. The summed E-state index contributed by atoms with van der Waals surface area (Å²) in [5, 5.41) is 9.63. The van der Waals surface area contributed by atoms with Gasteiger partial charge in [-0.05, 0) is 58.8 Å². The van der Waals surface area contributed by atoms with Gasteiger partial charge in [-0.1, -0.05) is 52.3 Å². The second-order valence-corrected chi connectivity index (χ2v) is 9.39. The number of halogens is 1. The van der Waals surface area contributed by atoms with E-state index in [0.717, 1.165) is 39.0 Å². The molecule has 0 N–H and O–H groups in total. The van der Waals surface area contributed by atoms with E-state index in [4.69, 9.17) is 19.3 Å². The maximum absolute atomic E-state index is 6.52. The van der Waals surface area contributed by atoms with Gasteiger partial charge in [-0.15, -0.1) is 0 Å². The van der Waals surface area contributed by atoms with E-state index in [1.807, 2.05) is 30.3 Å². The molecule has 34 heavy (non-hydrogen) atoms. The standard InChI is InChI=1S/C28H23BrN2O3/c1-32-26-11-9-20(14-27(26)33-2)28-31-24(22-15-21(29)10-12-25(22)34-28)16-23(30-31)19-8-7-17-5-3-4-6-18(17)13-19/h3-15,24,28H,16H2,1-2H3/t24-,28-/m1/s1. The lowest BCUT2D eigenvalue weighted by Crippen LogP contribution is -2.33. The quantitative estimate of drug-likeness (QED) is 0.298. The lowest BCUT2D eigenvalue weighted by molar-refractivity contribution is -0.0192. The number of nitrogens with zero attached hydrogens (tertiary/aromatic N) is 2. The molecule has 5 nitrogen and oxygen atoms in total. The molecule has 2 heterocycles. The van der Waals surface area contributed by atoms with Crippen molar-refractivity contribution in [2.24, 2.45) is 5.10 Å². The number of hydrazone groups is 1. The maximum Gasteiger partial charge on any atom is 0.214 e. The summed E-state index contributed by atoms with van der Waals surface area (Å²) < 4.78 is 18.5. The van der Waals surface area contributed by atoms with Gasteiger partial charge in [-0.3, -0.25) is 0 Å². The molecule has 0 bridgehead atoms. The van der Waals surface area contributed by atoms with Crippen molar-refractivity contribution in [3.63, 3.8) is 0 Å². The Hall–Kier alpha value is -3.51. The summed E-state index contributed by atoms with van der Waals surface area (Å²) >= 11 is 3.63. The van der Waals surface area contributed by atoms with Gasteiger partial charge in [0.2, 0.25) is 6.23 Å². The molecule has 4 aromatic carbocycles. The van der Waals surface area contributed by atoms with Crippen molar-refractivity contribution in [1.82, 2.24) is 5.01 Å². The molecule has 2 aliphatic rings. The van der Waals surface area contributed by atoms with E-state index in [9.17, 15) is 0 Å². The zero-order chi connectivity index (χ0) is 23.2. The van der Waals surface area contributed by atoms with Crippen molar-refractivity contribution in [2.75, 3.05) is 14.2 Å². The molecule has 0 aromatic heterocycles. The Bertz CT molecular complexity index is 1430. The average molecular weight is 515 g/mol. The lowest BCUT2D eigenvalue weighted by Gasteiger charge is -2.38. The second kappa shape index (κ2) is 8.37. The highest BCUT2D eigenvalue weighted by Crippen LogP contribution is 2.49. The fraction of sp³-hybridized carbons (Fsp3) is 0.179. The number of hydrogen-bond acceptors (Lipinski definition) is 5. The molecule has 0 aliphatic carbocycles. The Morgan fingerprint density at radius 3 is 2.53 bits per heavy atom. The van der Waals surface area contributed by atoms with Crippen LogP contribution in [0.15, 0.2) is 88.4 Å². The maximum atomic E-state index is 6.52. The predicted octanol–water partition coefficient (Wildman–Crippen LogP) is 6.86. The minimum absolute atomic E-state index is 0.0702. The van der Waals surface area contributed by atoms with E-state index >= 15 is 0 Å². The molecule has 0 unspecified atom stereocenters. The van der Waals surface area contributed by atoms with Gasteiger partial charge >= 0.3 is 0 Å². The van der Waals surface area contributed by atoms with Crippen molar-refractivity contribution in [1.29, 1.82) is 0 Å². The van der Waals surface area contributed by atoms with Gasteiger partial charge in [0.25, 0.3) is 0 Å². The second-order valence-electron chi connectivity index (χ2n) is 8.48. The normalized spacial score (nSPS) is 18.7. The first-order valence-corrected chi connectivity index (χ1v) is 12.0. The third kappa shape index (κ3) is 3.49. The highest BCUT2D eigenvalue weighted by Gasteiger charge is 2.41. The SMILES string of the molecule is COc1ccc([C@H]2Oc3ccc(Br)cc3[C@H]3CC(c4ccc5ccccc5c4)=NN32)cc1OC. The van der Waals surface area contributed by atoms with Gasteiger partial charge in [0.15, 0.2) is 11.5 Å². The summed E-state index contributed by atoms with van der Waals surface area (Å²) in [4.78, 5) is 0. The highest BCUT2D eigenvalue weighted by atomic mass is 79.9. The number of fused-ring (bicyclic) bond motifs is 4. The van der Waals surface area contributed by atoms with Crippen molar-refractivity contribution in [2.45, 2.75) is 18.7 Å². The largest absolute Gasteiger partial charge is 0.493 e. The van der Waals surface area contributed by atoms with Crippen molar-refractivity contribution >= 4 is 32.4 Å². The Balaban J connectivity index is 1.45. The van der Waals surface area contributed by atoms with E-state index in [-0.39, 0.29) is 12.3 Å². The molecule has 0 amide bonds. The Morgan fingerprint density at radius 1 is 0.882 bits per heavy atom. The van der Waals surface area contributed by atoms with Gasteiger partial charge in [0.05, 0.1) is 26.0 Å². The monoisotopic (exact) mass is 514 g/mol. The first-order valence-electron chi connectivity index (χ1n) is 11.2. The fourth-order valence-corrected chi connectivity index (χ4v) is 5.21. The molecule has 0 saturated heterocycles. The molecule has 6 heteroatoms. The molecule has 0 saturated carbocycles. The van der Waals surface area contributed by atoms with Crippen LogP contribution in [0.1, 0.15) is 35.4 Å². The fourth-order valence-electron chi connectivity index (χ4n) is 4.83. The van der Waals surface area contributed by atoms with E-state index in [1.54, 1.807) is 14.2 Å². The molecule has 170 valence electrons. The molecule has 0 fully saturated rings. The van der Waals surface area contributed by atoms with E-state index in [1.165, 1.54) is 10.8 Å². The van der Waals surface area contributed by atoms with Crippen LogP contribution in [0.5, 0.6) is 17.2 Å². The number of hydrogen-bond donors (Lipinski definition) is 0. The minimum atomic E-state index is -0.378. The zero-order valence-corrected chi connectivity index (χ0v) is 20.5. The van der Waals surface area contributed by atoms with Crippen LogP contribution >= 0.6 is 15.9 Å². The summed E-state index contributed by atoms with van der Waals surface area (Å²) in [6.07, 6.45) is 0.422. The molecule has 6 rings (SSSR count). The first kappa shape index (κ1) is 21.1. The van der Waals surface area contributed by atoms with E-state index in [0.29, 0.717) is 11.5 Å². The van der Waals surface area contributed by atoms with Crippen LogP contribution in [0.2, 0.25) is 0 Å². The summed E-state index contributed by atoms with van der Waals surface area (Å²) in [6, 6.07) is 27.1. The molecule has 0 radical (unpaired) electrons. The Kier molecular flexibility index (Phi) is 5.18. The lowest BCUT2D eigenvalue weighted by atomic mass is 9.95. The Morgan fingerprint density at radius 2 is 1.71 bits per heavy atom. The van der Waals surface area contributed by atoms with Crippen molar-refractivity contribution in [3.05, 3.63) is 100 Å². The Labute approximate surface area is 206 Å². The van der Waals surface area contributed by atoms with Gasteiger partial charge in [0.1, 0.15) is 5.75 Å². The van der Waals surface area contributed by atoms with Crippen LogP contribution in [-0.2, 0) is 0 Å². The van der Waals surface area contributed by atoms with Crippen LogP contribution in [0.3, 0.4) is 0 Å². The van der Waals surface area contributed by atoms with Gasteiger partial charge < -0.3 is 14.2 Å². The minimum Gasteiger partial charge on any atom is -0.493 e. The predicted molar refractivity (Wildman–Crippen MR) is 137 cm³/mol. The molecule has 4 aromatic rings. The topological polar surface area (TPSA) is 43.3 Å². The van der Waals surface area contributed by atoms with E-state index < -0.39 is 0 Å². The smallest absolute Gasteiger partial charge is 0.214 e. The number of rotatable bonds is 4. The summed E-state index contributed by atoms with van der Waals surface area (Å²) in [7, 11) is 3.28.